The van der Waals surface area contributed by atoms with Gasteiger partial charge in [0.1, 0.15) is 5.69 Å². The third-order valence-corrected chi connectivity index (χ3v) is 3.66. The smallest absolute Gasteiger partial charge is 0.287 e. The first-order valence-corrected chi connectivity index (χ1v) is 7.83. The van der Waals surface area contributed by atoms with Crippen molar-refractivity contribution in [2.24, 2.45) is 0 Å². The minimum absolute atomic E-state index is 0.191. The van der Waals surface area contributed by atoms with E-state index < -0.39 is 0 Å². The van der Waals surface area contributed by atoms with Crippen molar-refractivity contribution in [3.63, 3.8) is 0 Å². The van der Waals surface area contributed by atoms with Crippen molar-refractivity contribution in [3.05, 3.63) is 17.2 Å². The highest BCUT2D eigenvalue weighted by Gasteiger charge is 2.27. The zero-order chi connectivity index (χ0) is 15.9. The molecule has 7 heteroatoms. The van der Waals surface area contributed by atoms with Crippen LogP contribution >= 0.6 is 0 Å². The molecule has 2 heterocycles. The number of nitrogens with one attached hydrogen (secondary N) is 2. The second kappa shape index (κ2) is 7.93. The number of hydrogen-bond acceptors (Lipinski definition) is 4. The molecule has 22 heavy (non-hydrogen) atoms. The Morgan fingerprint density at radius 3 is 2.73 bits per heavy atom. The lowest BCUT2D eigenvalue weighted by atomic mass is 10.1. The van der Waals surface area contributed by atoms with Crippen molar-refractivity contribution in [1.82, 2.24) is 20.2 Å². The molecule has 0 radical (unpaired) electrons. The third-order valence-electron chi connectivity index (χ3n) is 3.66. The van der Waals surface area contributed by atoms with Gasteiger partial charge in [0.25, 0.3) is 11.8 Å². The second-order valence-electron chi connectivity index (χ2n) is 5.34. The number of carbonyl (C=O) groups excluding carboxylic acids is 2. The van der Waals surface area contributed by atoms with Gasteiger partial charge in [-0.15, -0.1) is 0 Å². The first kappa shape index (κ1) is 16.5. The summed E-state index contributed by atoms with van der Waals surface area (Å²) < 4.78 is 6.80. The molecule has 7 nitrogen and oxygen atoms in total. The van der Waals surface area contributed by atoms with Crippen LogP contribution in [0.2, 0.25) is 0 Å². The molecule has 1 aromatic heterocycles. The van der Waals surface area contributed by atoms with E-state index in [4.69, 9.17) is 4.74 Å². The van der Waals surface area contributed by atoms with Gasteiger partial charge >= 0.3 is 0 Å². The number of fused-ring (bicyclic) bond motifs is 1. The van der Waals surface area contributed by atoms with Crippen molar-refractivity contribution in [3.8, 4) is 0 Å². The summed E-state index contributed by atoms with van der Waals surface area (Å²) in [7, 11) is 1.58. The molecule has 0 fully saturated rings. The van der Waals surface area contributed by atoms with Gasteiger partial charge in [0.15, 0.2) is 5.82 Å². The molecule has 0 saturated carbocycles. The van der Waals surface area contributed by atoms with Crippen LogP contribution in [0.5, 0.6) is 0 Å². The Morgan fingerprint density at radius 2 is 2.00 bits per heavy atom. The van der Waals surface area contributed by atoms with Gasteiger partial charge in [-0.05, 0) is 25.7 Å². The first-order valence-electron chi connectivity index (χ1n) is 7.83. The fourth-order valence-electron chi connectivity index (χ4n) is 2.57. The predicted octanol–water partition coefficient (Wildman–Crippen LogP) is 0.735. The molecule has 0 aliphatic carbocycles. The number of carbonyl (C=O) groups is 2. The highest BCUT2D eigenvalue weighted by atomic mass is 16.5. The summed E-state index contributed by atoms with van der Waals surface area (Å²) in [4.78, 5) is 28.8. The zero-order valence-electron chi connectivity index (χ0n) is 13.3. The van der Waals surface area contributed by atoms with E-state index in [1.54, 1.807) is 7.11 Å². The molecule has 122 valence electrons. The van der Waals surface area contributed by atoms with E-state index in [1.807, 2.05) is 11.5 Å². The normalized spacial score (nSPS) is 13.5. The van der Waals surface area contributed by atoms with Crippen LogP contribution in [-0.4, -0.2) is 48.2 Å². The number of imidazole rings is 1. The summed E-state index contributed by atoms with van der Waals surface area (Å²) in [5, 5.41) is 5.60. The van der Waals surface area contributed by atoms with E-state index in [-0.39, 0.29) is 11.8 Å². The van der Waals surface area contributed by atoms with E-state index in [9.17, 15) is 9.59 Å². The van der Waals surface area contributed by atoms with Crippen molar-refractivity contribution < 1.29 is 14.3 Å². The fraction of sp³-hybridized carbons (Fsp3) is 0.667. The molecule has 0 atom stereocenters. The SMILES string of the molecule is CCCNC(=O)c1nc(C(=O)NCCOC)n2c1CCCC2. The maximum absolute atomic E-state index is 12.3. The van der Waals surface area contributed by atoms with Crippen molar-refractivity contribution in [1.29, 1.82) is 0 Å². The molecular formula is C15H24N4O3. The van der Waals surface area contributed by atoms with Crippen LogP contribution in [0.15, 0.2) is 0 Å². The highest BCUT2D eigenvalue weighted by molar-refractivity contribution is 5.97. The van der Waals surface area contributed by atoms with Gasteiger partial charge < -0.3 is 19.9 Å². The molecule has 1 aliphatic heterocycles. The Bertz CT molecular complexity index is 539. The number of nitrogens with zero attached hydrogens (tertiary/aromatic N) is 2. The lowest BCUT2D eigenvalue weighted by Gasteiger charge is -2.17. The van der Waals surface area contributed by atoms with Gasteiger partial charge in [0.2, 0.25) is 0 Å². The number of rotatable bonds is 7. The maximum atomic E-state index is 12.3. The maximum Gasteiger partial charge on any atom is 0.287 e. The molecule has 0 saturated heterocycles. The average Bonchev–Trinajstić information content (AvgIpc) is 2.92. The molecule has 0 aromatic carbocycles. The van der Waals surface area contributed by atoms with E-state index in [0.29, 0.717) is 31.2 Å². The summed E-state index contributed by atoms with van der Waals surface area (Å²) in [6.07, 6.45) is 3.67. The number of amides is 2. The van der Waals surface area contributed by atoms with Crippen molar-refractivity contribution >= 4 is 11.8 Å². The van der Waals surface area contributed by atoms with E-state index >= 15 is 0 Å². The minimum Gasteiger partial charge on any atom is -0.383 e. The molecule has 2 rings (SSSR count). The Kier molecular flexibility index (Phi) is 5.94. The molecule has 0 spiro atoms. The quantitative estimate of drug-likeness (QED) is 0.727. The second-order valence-corrected chi connectivity index (χ2v) is 5.34. The summed E-state index contributed by atoms with van der Waals surface area (Å²) in [5.41, 5.74) is 1.27. The summed E-state index contributed by atoms with van der Waals surface area (Å²) in [5.74, 6) is -0.120. The predicted molar refractivity (Wildman–Crippen MR) is 82.0 cm³/mol. The van der Waals surface area contributed by atoms with Crippen LogP contribution in [0.4, 0.5) is 0 Å². The van der Waals surface area contributed by atoms with Crippen molar-refractivity contribution in [2.75, 3.05) is 26.8 Å². The minimum atomic E-state index is -0.255. The zero-order valence-corrected chi connectivity index (χ0v) is 13.3. The first-order chi connectivity index (χ1) is 10.7. The Morgan fingerprint density at radius 1 is 1.23 bits per heavy atom. The van der Waals surface area contributed by atoms with Crippen LogP contribution in [0.25, 0.3) is 0 Å². The average molecular weight is 308 g/mol. The van der Waals surface area contributed by atoms with Gasteiger partial charge in [-0.25, -0.2) is 4.98 Å². The monoisotopic (exact) mass is 308 g/mol. The molecular weight excluding hydrogens is 284 g/mol. The van der Waals surface area contributed by atoms with Crippen LogP contribution in [0.3, 0.4) is 0 Å². The van der Waals surface area contributed by atoms with Gasteiger partial charge in [0, 0.05) is 26.7 Å². The Labute approximate surface area is 130 Å². The molecule has 0 unspecified atom stereocenters. The van der Waals surface area contributed by atoms with Gasteiger partial charge in [-0.3, -0.25) is 9.59 Å². The topological polar surface area (TPSA) is 85.2 Å². The van der Waals surface area contributed by atoms with Gasteiger partial charge in [-0.1, -0.05) is 6.92 Å². The number of hydrogen-bond donors (Lipinski definition) is 2. The van der Waals surface area contributed by atoms with Crippen LogP contribution in [-0.2, 0) is 17.7 Å². The Hall–Kier alpha value is -1.89. The fourth-order valence-corrected chi connectivity index (χ4v) is 2.57. The lowest BCUT2D eigenvalue weighted by Crippen LogP contribution is -2.30. The molecule has 2 amide bonds. The number of ether oxygens (including phenoxy) is 1. The van der Waals surface area contributed by atoms with Crippen LogP contribution in [0.1, 0.15) is 53.0 Å². The van der Waals surface area contributed by atoms with Crippen LogP contribution in [0, 0.1) is 0 Å². The molecule has 0 bridgehead atoms. The largest absolute Gasteiger partial charge is 0.383 e. The van der Waals surface area contributed by atoms with Crippen LogP contribution < -0.4 is 10.6 Å². The molecule has 1 aliphatic rings. The lowest BCUT2D eigenvalue weighted by molar-refractivity contribution is 0.0921. The summed E-state index contributed by atoms with van der Waals surface area (Å²) in [6.45, 7) is 4.21. The summed E-state index contributed by atoms with van der Waals surface area (Å²) >= 11 is 0. The molecule has 1 aromatic rings. The number of aromatic nitrogens is 2. The van der Waals surface area contributed by atoms with E-state index in [2.05, 4.69) is 15.6 Å². The van der Waals surface area contributed by atoms with E-state index in [1.165, 1.54) is 0 Å². The van der Waals surface area contributed by atoms with Crippen molar-refractivity contribution in [2.45, 2.75) is 39.2 Å². The van der Waals surface area contributed by atoms with E-state index in [0.717, 1.165) is 37.9 Å². The van der Waals surface area contributed by atoms with Gasteiger partial charge in [-0.2, -0.15) is 0 Å². The highest BCUT2D eigenvalue weighted by Crippen LogP contribution is 2.21. The number of methoxy groups -OCH3 is 1. The Balaban J connectivity index is 2.21. The summed E-state index contributed by atoms with van der Waals surface area (Å²) in [6, 6.07) is 0. The van der Waals surface area contributed by atoms with Gasteiger partial charge in [0.05, 0.1) is 12.3 Å². The standard InChI is InChI=1S/C15H24N4O3/c1-3-7-16-14(20)12-11-6-4-5-9-19(11)13(18-12)15(21)17-8-10-22-2/h3-10H2,1-2H3,(H,16,20)(H,17,21). The third kappa shape index (κ3) is 3.65. The molecule has 2 N–H and O–H groups in total.